The third kappa shape index (κ3) is 6.09. The normalized spacial score (nSPS) is 14.7. The fourth-order valence-corrected chi connectivity index (χ4v) is 4.96. The van der Waals surface area contributed by atoms with E-state index in [2.05, 4.69) is 5.32 Å². The Balaban J connectivity index is 1.56. The number of hydrogen-bond acceptors (Lipinski definition) is 6. The second-order valence-corrected chi connectivity index (χ2v) is 9.55. The predicted octanol–water partition coefficient (Wildman–Crippen LogP) is 5.02. The molecule has 0 bridgehead atoms. The predicted molar refractivity (Wildman–Crippen MR) is 136 cm³/mol. The summed E-state index contributed by atoms with van der Waals surface area (Å²) in [5.74, 6) is -0.672. The van der Waals surface area contributed by atoms with Crippen LogP contribution in [0.1, 0.15) is 45.5 Å². The van der Waals surface area contributed by atoms with Gasteiger partial charge in [0.25, 0.3) is 5.91 Å². The molecule has 0 aromatic heterocycles. The highest BCUT2D eigenvalue weighted by Crippen LogP contribution is 2.33. The molecule has 0 atom stereocenters. The Bertz CT molecular complexity index is 1120. The third-order valence-electron chi connectivity index (χ3n) is 5.23. The first kappa shape index (κ1) is 24.7. The lowest BCUT2D eigenvalue weighted by atomic mass is 10.0. The van der Waals surface area contributed by atoms with Gasteiger partial charge < -0.3 is 10.1 Å². The molecule has 0 radical (unpaired) electrons. The SMILES string of the molecule is COC(=O)c1ccc(C=C2SC(=S)N(CCCC(=O)Nc3c(C)cc(C)cc3C)C2=O)cc1. The van der Waals surface area contributed by atoms with E-state index in [4.69, 9.17) is 17.0 Å². The van der Waals surface area contributed by atoms with E-state index < -0.39 is 5.97 Å². The van der Waals surface area contributed by atoms with Gasteiger partial charge in [-0.3, -0.25) is 14.5 Å². The number of esters is 1. The van der Waals surface area contributed by atoms with Crippen LogP contribution in [0.3, 0.4) is 0 Å². The fourth-order valence-electron chi connectivity index (χ4n) is 3.65. The number of rotatable bonds is 7. The third-order valence-corrected chi connectivity index (χ3v) is 6.61. The quantitative estimate of drug-likeness (QED) is 0.339. The van der Waals surface area contributed by atoms with Gasteiger partial charge in [-0.25, -0.2) is 4.79 Å². The van der Waals surface area contributed by atoms with Gasteiger partial charge in [0.2, 0.25) is 5.91 Å². The lowest BCUT2D eigenvalue weighted by Gasteiger charge is -2.15. The summed E-state index contributed by atoms with van der Waals surface area (Å²) in [7, 11) is 1.33. The van der Waals surface area contributed by atoms with E-state index in [9.17, 15) is 14.4 Å². The van der Waals surface area contributed by atoms with Crippen LogP contribution in [0.15, 0.2) is 41.3 Å². The molecular weight excluding hydrogens is 456 g/mol. The van der Waals surface area contributed by atoms with Crippen molar-refractivity contribution in [1.82, 2.24) is 4.90 Å². The Morgan fingerprint density at radius 1 is 1.12 bits per heavy atom. The van der Waals surface area contributed by atoms with Gasteiger partial charge in [-0.05, 0) is 62.1 Å². The first-order valence-electron chi connectivity index (χ1n) is 10.5. The lowest BCUT2D eigenvalue weighted by molar-refractivity contribution is -0.122. The van der Waals surface area contributed by atoms with E-state index in [0.717, 1.165) is 27.9 Å². The molecule has 1 fully saturated rings. The van der Waals surface area contributed by atoms with Crippen LogP contribution in [0, 0.1) is 20.8 Å². The van der Waals surface area contributed by atoms with Gasteiger partial charge in [-0.1, -0.05) is 53.8 Å². The average molecular weight is 483 g/mol. The molecule has 0 spiro atoms. The van der Waals surface area contributed by atoms with Crippen molar-refractivity contribution in [3.8, 4) is 0 Å². The second-order valence-electron chi connectivity index (χ2n) is 7.87. The summed E-state index contributed by atoms with van der Waals surface area (Å²) in [5, 5.41) is 2.99. The standard InChI is InChI=1S/C25H26N2O4S2/c1-15-12-16(2)22(17(3)13-15)26-21(28)6-5-11-27-23(29)20(33-25(27)32)14-18-7-9-19(10-8-18)24(30)31-4/h7-10,12-14H,5-6,11H2,1-4H3,(H,26,28). The van der Waals surface area contributed by atoms with E-state index >= 15 is 0 Å². The minimum Gasteiger partial charge on any atom is -0.465 e. The number of thioether (sulfide) groups is 1. The maximum absolute atomic E-state index is 12.8. The zero-order valence-corrected chi connectivity index (χ0v) is 20.7. The van der Waals surface area contributed by atoms with E-state index in [-0.39, 0.29) is 18.2 Å². The first-order chi connectivity index (χ1) is 15.7. The number of carbonyl (C=O) groups excluding carboxylic acids is 3. The number of aryl methyl sites for hydroxylation is 3. The number of amides is 2. The van der Waals surface area contributed by atoms with Crippen LogP contribution in [-0.4, -0.2) is 40.7 Å². The Kier molecular flexibility index (Phi) is 8.05. The van der Waals surface area contributed by atoms with Crippen molar-refractivity contribution in [1.29, 1.82) is 0 Å². The van der Waals surface area contributed by atoms with Gasteiger partial charge in [-0.15, -0.1) is 0 Å². The summed E-state index contributed by atoms with van der Waals surface area (Å²) in [6.07, 6.45) is 2.54. The molecule has 1 heterocycles. The number of benzene rings is 2. The number of methoxy groups -OCH3 is 1. The smallest absolute Gasteiger partial charge is 0.337 e. The molecule has 6 nitrogen and oxygen atoms in total. The summed E-state index contributed by atoms with van der Waals surface area (Å²) in [4.78, 5) is 38.9. The van der Waals surface area contributed by atoms with Gasteiger partial charge in [0.15, 0.2) is 0 Å². The maximum Gasteiger partial charge on any atom is 0.337 e. The van der Waals surface area contributed by atoms with Crippen LogP contribution < -0.4 is 5.32 Å². The van der Waals surface area contributed by atoms with Crippen LogP contribution in [0.5, 0.6) is 0 Å². The molecule has 1 aliphatic heterocycles. The van der Waals surface area contributed by atoms with Gasteiger partial charge in [-0.2, -0.15) is 0 Å². The largest absolute Gasteiger partial charge is 0.465 e. The van der Waals surface area contributed by atoms with Crippen molar-refractivity contribution < 1.29 is 19.1 Å². The molecule has 1 N–H and O–H groups in total. The van der Waals surface area contributed by atoms with Crippen molar-refractivity contribution in [2.45, 2.75) is 33.6 Å². The molecule has 2 aromatic rings. The van der Waals surface area contributed by atoms with E-state index in [1.807, 2.05) is 32.9 Å². The molecule has 0 aliphatic carbocycles. The van der Waals surface area contributed by atoms with Gasteiger partial charge in [0, 0.05) is 18.7 Å². The van der Waals surface area contributed by atoms with Crippen LogP contribution in [-0.2, 0) is 14.3 Å². The molecule has 2 aromatic carbocycles. The van der Waals surface area contributed by atoms with E-state index in [1.54, 1.807) is 30.3 Å². The summed E-state index contributed by atoms with van der Waals surface area (Å²) in [5.41, 5.74) is 5.29. The van der Waals surface area contributed by atoms with Crippen LogP contribution in [0.25, 0.3) is 6.08 Å². The topological polar surface area (TPSA) is 75.7 Å². The highest BCUT2D eigenvalue weighted by atomic mass is 32.2. The van der Waals surface area contributed by atoms with Crippen molar-refractivity contribution in [2.24, 2.45) is 0 Å². The van der Waals surface area contributed by atoms with E-state index in [0.29, 0.717) is 27.8 Å². The molecule has 172 valence electrons. The van der Waals surface area contributed by atoms with Crippen molar-refractivity contribution >= 4 is 57.8 Å². The summed E-state index contributed by atoms with van der Waals surface area (Å²) < 4.78 is 5.17. The Morgan fingerprint density at radius 3 is 2.36 bits per heavy atom. The molecule has 1 aliphatic rings. The van der Waals surface area contributed by atoms with Crippen molar-refractivity contribution in [3.05, 3.63) is 69.1 Å². The number of nitrogens with zero attached hydrogens (tertiary/aromatic N) is 1. The molecule has 0 unspecified atom stereocenters. The number of carbonyl (C=O) groups is 3. The molecule has 3 rings (SSSR count). The summed E-state index contributed by atoms with van der Waals surface area (Å²) in [6.45, 7) is 6.36. The highest BCUT2D eigenvalue weighted by Gasteiger charge is 2.31. The zero-order chi connectivity index (χ0) is 24.1. The Morgan fingerprint density at radius 2 is 1.76 bits per heavy atom. The number of hydrogen-bond donors (Lipinski definition) is 1. The fraction of sp³-hybridized carbons (Fsp3) is 0.280. The zero-order valence-electron chi connectivity index (χ0n) is 19.1. The summed E-state index contributed by atoms with van der Waals surface area (Å²) >= 11 is 6.61. The lowest BCUT2D eigenvalue weighted by Crippen LogP contribution is -2.29. The number of anilines is 1. The minimum absolute atomic E-state index is 0.0864. The van der Waals surface area contributed by atoms with Gasteiger partial charge in [0.1, 0.15) is 4.32 Å². The Labute approximate surface area is 203 Å². The highest BCUT2D eigenvalue weighted by molar-refractivity contribution is 8.26. The van der Waals surface area contributed by atoms with Crippen LogP contribution in [0.4, 0.5) is 5.69 Å². The second kappa shape index (κ2) is 10.8. The Hall–Kier alpha value is -2.97. The molecule has 33 heavy (non-hydrogen) atoms. The molecule has 2 amide bonds. The molecule has 1 saturated heterocycles. The number of ether oxygens (including phenoxy) is 1. The first-order valence-corrected chi connectivity index (χ1v) is 11.7. The minimum atomic E-state index is -0.412. The average Bonchev–Trinajstić information content (AvgIpc) is 3.03. The molecular formula is C25H26N2O4S2. The number of nitrogens with one attached hydrogen (secondary N) is 1. The van der Waals surface area contributed by atoms with Crippen molar-refractivity contribution in [2.75, 3.05) is 19.0 Å². The number of thiocarbonyl (C=S) groups is 1. The summed E-state index contributed by atoms with van der Waals surface area (Å²) in [6, 6.07) is 10.9. The van der Waals surface area contributed by atoms with Gasteiger partial charge in [0.05, 0.1) is 17.6 Å². The molecule has 0 saturated carbocycles. The van der Waals surface area contributed by atoms with Crippen LogP contribution in [0.2, 0.25) is 0 Å². The van der Waals surface area contributed by atoms with E-state index in [1.165, 1.54) is 23.8 Å². The van der Waals surface area contributed by atoms with Crippen LogP contribution >= 0.6 is 24.0 Å². The van der Waals surface area contributed by atoms with Crippen molar-refractivity contribution in [3.63, 3.8) is 0 Å². The van der Waals surface area contributed by atoms with Gasteiger partial charge >= 0.3 is 5.97 Å². The molecule has 8 heteroatoms. The monoisotopic (exact) mass is 482 g/mol. The maximum atomic E-state index is 12.8.